The lowest BCUT2D eigenvalue weighted by Crippen LogP contribution is -1.97. The van der Waals surface area contributed by atoms with Gasteiger partial charge in [0, 0.05) is 13.5 Å². The number of fused-ring (bicyclic) bond motifs is 1. The molecular formula is C14H22N2. The first-order valence-corrected chi connectivity index (χ1v) is 6.23. The number of hydrogen-bond donors (Lipinski definition) is 0. The second kappa shape index (κ2) is 6.31. The molecule has 0 atom stereocenters. The van der Waals surface area contributed by atoms with Crippen molar-refractivity contribution in [2.45, 2.75) is 40.0 Å². The second-order valence-electron chi connectivity index (χ2n) is 3.68. The number of nitrogens with zero attached hydrogens (tertiary/aromatic N) is 2. The van der Waals surface area contributed by atoms with E-state index in [0.717, 1.165) is 11.9 Å². The van der Waals surface area contributed by atoms with E-state index in [0.29, 0.717) is 0 Å². The third kappa shape index (κ3) is 2.63. The number of aromatic nitrogens is 2. The van der Waals surface area contributed by atoms with E-state index < -0.39 is 0 Å². The molecule has 88 valence electrons. The maximum Gasteiger partial charge on any atom is 0.109 e. The maximum atomic E-state index is 4.61. The van der Waals surface area contributed by atoms with Gasteiger partial charge < -0.3 is 4.57 Å². The van der Waals surface area contributed by atoms with Crippen LogP contribution in [0.1, 0.15) is 39.4 Å². The molecule has 0 aliphatic rings. The van der Waals surface area contributed by atoms with Crippen LogP contribution in [0.4, 0.5) is 0 Å². The summed E-state index contributed by atoms with van der Waals surface area (Å²) in [6, 6.07) is 8.30. The molecule has 1 aromatic heterocycles. The van der Waals surface area contributed by atoms with Crippen LogP contribution in [0.2, 0.25) is 0 Å². The quantitative estimate of drug-likeness (QED) is 0.763. The lowest BCUT2D eigenvalue weighted by Gasteiger charge is -2.00. The molecule has 2 aromatic rings. The number of aryl methyl sites for hydroxylation is 2. The minimum Gasteiger partial charge on any atom is -0.331 e. The lowest BCUT2D eigenvalue weighted by molar-refractivity contribution is 0.720. The summed E-state index contributed by atoms with van der Waals surface area (Å²) in [7, 11) is 2.10. The fourth-order valence-corrected chi connectivity index (χ4v) is 1.75. The SMILES string of the molecule is CC.CCCCc1nc2ccccc2n1C. The van der Waals surface area contributed by atoms with E-state index in [1.807, 2.05) is 19.9 Å². The van der Waals surface area contributed by atoms with Crippen LogP contribution in [0.3, 0.4) is 0 Å². The third-order valence-corrected chi connectivity index (χ3v) is 2.63. The van der Waals surface area contributed by atoms with Gasteiger partial charge in [0.1, 0.15) is 5.82 Å². The molecule has 0 saturated heterocycles. The zero-order valence-corrected chi connectivity index (χ0v) is 10.8. The Morgan fingerprint density at radius 2 is 1.88 bits per heavy atom. The van der Waals surface area contributed by atoms with Crippen LogP contribution in [-0.4, -0.2) is 9.55 Å². The summed E-state index contributed by atoms with van der Waals surface area (Å²) in [6.07, 6.45) is 3.53. The molecule has 1 aromatic carbocycles. The standard InChI is InChI=1S/C12H16N2.C2H6/c1-3-4-9-12-13-10-7-5-6-8-11(10)14(12)2;1-2/h5-8H,3-4,9H2,1-2H3;1-2H3. The second-order valence-corrected chi connectivity index (χ2v) is 3.68. The summed E-state index contributed by atoms with van der Waals surface area (Å²) < 4.78 is 2.20. The third-order valence-electron chi connectivity index (χ3n) is 2.63. The average Bonchev–Trinajstić information content (AvgIpc) is 2.67. The van der Waals surface area contributed by atoms with Crippen molar-refractivity contribution in [1.82, 2.24) is 9.55 Å². The van der Waals surface area contributed by atoms with Gasteiger partial charge in [0.25, 0.3) is 0 Å². The van der Waals surface area contributed by atoms with Crippen LogP contribution >= 0.6 is 0 Å². The Kier molecular flexibility index (Phi) is 5.03. The molecule has 0 unspecified atom stereocenters. The molecule has 0 aliphatic carbocycles. The molecule has 2 heteroatoms. The molecule has 0 spiro atoms. The summed E-state index contributed by atoms with van der Waals surface area (Å²) in [6.45, 7) is 6.21. The first-order valence-electron chi connectivity index (χ1n) is 6.23. The number of unbranched alkanes of at least 4 members (excludes halogenated alkanes) is 1. The normalized spacial score (nSPS) is 10.0. The lowest BCUT2D eigenvalue weighted by atomic mass is 10.2. The Morgan fingerprint density at radius 1 is 1.19 bits per heavy atom. The van der Waals surface area contributed by atoms with Crippen molar-refractivity contribution in [2.75, 3.05) is 0 Å². The molecule has 0 saturated carbocycles. The van der Waals surface area contributed by atoms with Crippen molar-refractivity contribution in [2.24, 2.45) is 7.05 Å². The van der Waals surface area contributed by atoms with Gasteiger partial charge in [-0.25, -0.2) is 4.98 Å². The van der Waals surface area contributed by atoms with Crippen LogP contribution in [0.25, 0.3) is 11.0 Å². The Labute approximate surface area is 98.3 Å². The molecule has 0 N–H and O–H groups in total. The predicted molar refractivity (Wildman–Crippen MR) is 70.7 cm³/mol. The Hall–Kier alpha value is -1.31. The number of para-hydroxylation sites is 2. The van der Waals surface area contributed by atoms with Gasteiger partial charge in [-0.05, 0) is 18.6 Å². The number of imidazole rings is 1. The average molecular weight is 218 g/mol. The molecule has 2 rings (SSSR count). The monoisotopic (exact) mass is 218 g/mol. The zero-order chi connectivity index (χ0) is 12.0. The van der Waals surface area contributed by atoms with E-state index in [-0.39, 0.29) is 0 Å². The fourth-order valence-electron chi connectivity index (χ4n) is 1.75. The minimum atomic E-state index is 1.08. The van der Waals surface area contributed by atoms with Gasteiger partial charge in [-0.1, -0.05) is 39.3 Å². The van der Waals surface area contributed by atoms with Crippen molar-refractivity contribution < 1.29 is 0 Å². The van der Waals surface area contributed by atoms with E-state index in [1.165, 1.54) is 24.2 Å². The van der Waals surface area contributed by atoms with Crippen molar-refractivity contribution in [3.63, 3.8) is 0 Å². The highest BCUT2D eigenvalue weighted by atomic mass is 15.1. The van der Waals surface area contributed by atoms with Crippen LogP contribution < -0.4 is 0 Å². The maximum absolute atomic E-state index is 4.61. The van der Waals surface area contributed by atoms with E-state index >= 15 is 0 Å². The van der Waals surface area contributed by atoms with Crippen molar-refractivity contribution in [1.29, 1.82) is 0 Å². The highest BCUT2D eigenvalue weighted by Gasteiger charge is 2.05. The van der Waals surface area contributed by atoms with Gasteiger partial charge in [-0.3, -0.25) is 0 Å². The van der Waals surface area contributed by atoms with E-state index in [1.54, 1.807) is 0 Å². The molecule has 2 nitrogen and oxygen atoms in total. The van der Waals surface area contributed by atoms with E-state index in [9.17, 15) is 0 Å². The van der Waals surface area contributed by atoms with Crippen LogP contribution in [0.5, 0.6) is 0 Å². The van der Waals surface area contributed by atoms with Crippen LogP contribution in [0.15, 0.2) is 24.3 Å². The number of rotatable bonds is 3. The molecule has 0 aliphatic heterocycles. The topological polar surface area (TPSA) is 17.8 Å². The first-order chi connectivity index (χ1) is 7.83. The zero-order valence-electron chi connectivity index (χ0n) is 10.8. The highest BCUT2D eigenvalue weighted by molar-refractivity contribution is 5.75. The van der Waals surface area contributed by atoms with Gasteiger partial charge in [0.2, 0.25) is 0 Å². The fraction of sp³-hybridized carbons (Fsp3) is 0.500. The smallest absolute Gasteiger partial charge is 0.109 e. The van der Waals surface area contributed by atoms with Gasteiger partial charge in [-0.2, -0.15) is 0 Å². The van der Waals surface area contributed by atoms with Crippen molar-refractivity contribution in [3.05, 3.63) is 30.1 Å². The number of benzene rings is 1. The summed E-state index contributed by atoms with van der Waals surface area (Å²) in [5, 5.41) is 0. The molecule has 0 fully saturated rings. The molecular weight excluding hydrogens is 196 g/mol. The van der Waals surface area contributed by atoms with Crippen molar-refractivity contribution in [3.8, 4) is 0 Å². The number of hydrogen-bond acceptors (Lipinski definition) is 1. The summed E-state index contributed by atoms with van der Waals surface area (Å²) in [5.41, 5.74) is 2.35. The Bertz CT molecular complexity index is 429. The van der Waals surface area contributed by atoms with Gasteiger partial charge >= 0.3 is 0 Å². The molecule has 1 heterocycles. The minimum absolute atomic E-state index is 1.08. The summed E-state index contributed by atoms with van der Waals surface area (Å²) in [4.78, 5) is 4.61. The molecule has 0 radical (unpaired) electrons. The summed E-state index contributed by atoms with van der Waals surface area (Å²) >= 11 is 0. The molecule has 0 bridgehead atoms. The predicted octanol–water partition coefficient (Wildman–Crippen LogP) is 3.94. The molecule has 16 heavy (non-hydrogen) atoms. The first kappa shape index (κ1) is 12.8. The van der Waals surface area contributed by atoms with Gasteiger partial charge in [0.05, 0.1) is 11.0 Å². The van der Waals surface area contributed by atoms with Gasteiger partial charge in [0.15, 0.2) is 0 Å². The van der Waals surface area contributed by atoms with E-state index in [2.05, 4.69) is 41.7 Å². The van der Waals surface area contributed by atoms with Crippen molar-refractivity contribution >= 4 is 11.0 Å². The van der Waals surface area contributed by atoms with Crippen LogP contribution in [0, 0.1) is 0 Å². The highest BCUT2D eigenvalue weighted by Crippen LogP contribution is 2.15. The van der Waals surface area contributed by atoms with Gasteiger partial charge in [-0.15, -0.1) is 0 Å². The Balaban J connectivity index is 0.000000606. The largest absolute Gasteiger partial charge is 0.331 e. The molecule has 0 amide bonds. The van der Waals surface area contributed by atoms with E-state index in [4.69, 9.17) is 0 Å². The Morgan fingerprint density at radius 3 is 2.50 bits per heavy atom. The summed E-state index contributed by atoms with van der Waals surface area (Å²) in [5.74, 6) is 1.20. The van der Waals surface area contributed by atoms with Crippen LogP contribution in [-0.2, 0) is 13.5 Å².